The van der Waals surface area contributed by atoms with Crippen LogP contribution < -0.4 is 0 Å². The zero-order chi connectivity index (χ0) is 13.1. The highest BCUT2D eigenvalue weighted by Gasteiger charge is 2.00. The van der Waals surface area contributed by atoms with Crippen LogP contribution in [-0.4, -0.2) is 12.6 Å². The fourth-order valence-corrected chi connectivity index (χ4v) is 1.62. The highest BCUT2D eigenvalue weighted by molar-refractivity contribution is 5.69. The van der Waals surface area contributed by atoms with Crippen LogP contribution in [0.3, 0.4) is 0 Å². The van der Waals surface area contributed by atoms with Gasteiger partial charge in [0.05, 0.1) is 6.61 Å². The van der Waals surface area contributed by atoms with Crippen molar-refractivity contribution in [2.24, 2.45) is 5.92 Å². The van der Waals surface area contributed by atoms with Gasteiger partial charge in [0, 0.05) is 6.42 Å². The van der Waals surface area contributed by atoms with Crippen LogP contribution in [0.5, 0.6) is 0 Å². The molecule has 0 N–H and O–H groups in total. The van der Waals surface area contributed by atoms with Gasteiger partial charge < -0.3 is 4.74 Å². The standard InChI is InChI=1S/C15H28O2/c1-5-12-17-15(16)11-7-10-14(4)9-6-8-13(2)3/h10,13H,5-9,11-12H2,1-4H3. The van der Waals surface area contributed by atoms with Crippen molar-refractivity contribution in [3.63, 3.8) is 0 Å². The predicted octanol–water partition coefficient (Wildman–Crippen LogP) is 4.49. The molecule has 2 nitrogen and oxygen atoms in total. The molecule has 0 atom stereocenters. The summed E-state index contributed by atoms with van der Waals surface area (Å²) in [7, 11) is 0. The Kier molecular flexibility index (Phi) is 9.89. The first-order valence-electron chi connectivity index (χ1n) is 6.87. The Morgan fingerprint density at radius 1 is 1.29 bits per heavy atom. The minimum absolute atomic E-state index is 0.0712. The molecule has 0 spiro atoms. The Bertz CT molecular complexity index is 229. The number of hydrogen-bond acceptors (Lipinski definition) is 2. The molecule has 0 fully saturated rings. The normalized spacial score (nSPS) is 11.9. The van der Waals surface area contributed by atoms with Crippen LogP contribution in [0.25, 0.3) is 0 Å². The molecule has 0 saturated heterocycles. The molecule has 0 heterocycles. The summed E-state index contributed by atoms with van der Waals surface area (Å²) in [5.74, 6) is 0.713. The van der Waals surface area contributed by atoms with Crippen LogP contribution in [0.15, 0.2) is 11.6 Å². The predicted molar refractivity (Wildman–Crippen MR) is 72.9 cm³/mol. The molecule has 0 aromatic heterocycles. The van der Waals surface area contributed by atoms with E-state index < -0.39 is 0 Å². The fraction of sp³-hybridized carbons (Fsp3) is 0.800. The minimum Gasteiger partial charge on any atom is -0.466 e. The highest BCUT2D eigenvalue weighted by atomic mass is 16.5. The third-order valence-corrected chi connectivity index (χ3v) is 2.66. The second-order valence-corrected chi connectivity index (χ2v) is 5.10. The van der Waals surface area contributed by atoms with E-state index in [0.717, 1.165) is 25.2 Å². The molecule has 0 aliphatic heterocycles. The summed E-state index contributed by atoms with van der Waals surface area (Å²) < 4.78 is 5.02. The van der Waals surface area contributed by atoms with Crippen LogP contribution in [0.1, 0.15) is 66.2 Å². The summed E-state index contributed by atoms with van der Waals surface area (Å²) in [4.78, 5) is 11.2. The Labute approximate surface area is 106 Å². The third kappa shape index (κ3) is 11.5. The van der Waals surface area contributed by atoms with Crippen molar-refractivity contribution in [1.82, 2.24) is 0 Å². The summed E-state index contributed by atoms with van der Waals surface area (Å²) in [6, 6.07) is 0. The van der Waals surface area contributed by atoms with E-state index in [4.69, 9.17) is 4.74 Å². The number of esters is 1. The summed E-state index contributed by atoms with van der Waals surface area (Å²) in [5, 5.41) is 0. The summed E-state index contributed by atoms with van der Waals surface area (Å²) >= 11 is 0. The molecular formula is C15H28O2. The second kappa shape index (κ2) is 10.4. The highest BCUT2D eigenvalue weighted by Crippen LogP contribution is 2.12. The van der Waals surface area contributed by atoms with Gasteiger partial charge in [-0.2, -0.15) is 0 Å². The van der Waals surface area contributed by atoms with E-state index in [9.17, 15) is 4.79 Å². The fourth-order valence-electron chi connectivity index (χ4n) is 1.62. The lowest BCUT2D eigenvalue weighted by molar-refractivity contribution is -0.143. The van der Waals surface area contributed by atoms with E-state index in [1.807, 2.05) is 6.92 Å². The van der Waals surface area contributed by atoms with Crippen LogP contribution in [0, 0.1) is 5.92 Å². The van der Waals surface area contributed by atoms with Gasteiger partial charge in [0.15, 0.2) is 0 Å². The van der Waals surface area contributed by atoms with Crippen LogP contribution >= 0.6 is 0 Å². The third-order valence-electron chi connectivity index (χ3n) is 2.66. The zero-order valence-electron chi connectivity index (χ0n) is 11.9. The van der Waals surface area contributed by atoms with E-state index in [0.29, 0.717) is 13.0 Å². The van der Waals surface area contributed by atoms with Gasteiger partial charge in [-0.15, -0.1) is 0 Å². The van der Waals surface area contributed by atoms with Crippen LogP contribution in [0.2, 0.25) is 0 Å². The Balaban J connectivity index is 3.58. The molecule has 0 rings (SSSR count). The molecule has 0 aliphatic carbocycles. The van der Waals surface area contributed by atoms with E-state index in [2.05, 4.69) is 26.8 Å². The van der Waals surface area contributed by atoms with Crippen molar-refractivity contribution in [1.29, 1.82) is 0 Å². The molecule has 17 heavy (non-hydrogen) atoms. The van der Waals surface area contributed by atoms with Gasteiger partial charge in [0.2, 0.25) is 0 Å². The van der Waals surface area contributed by atoms with Gasteiger partial charge in [0.1, 0.15) is 0 Å². The van der Waals surface area contributed by atoms with Crippen molar-refractivity contribution >= 4 is 5.97 Å². The Hall–Kier alpha value is -0.790. The molecule has 0 aromatic carbocycles. The van der Waals surface area contributed by atoms with Crippen molar-refractivity contribution in [3.05, 3.63) is 11.6 Å². The minimum atomic E-state index is -0.0712. The Morgan fingerprint density at radius 3 is 2.59 bits per heavy atom. The Morgan fingerprint density at radius 2 is 2.00 bits per heavy atom. The maximum atomic E-state index is 11.2. The molecule has 2 heteroatoms. The van der Waals surface area contributed by atoms with Gasteiger partial charge in [-0.25, -0.2) is 0 Å². The lowest BCUT2D eigenvalue weighted by Crippen LogP contribution is -2.04. The summed E-state index contributed by atoms with van der Waals surface area (Å²) in [6.07, 6.45) is 8.09. The second-order valence-electron chi connectivity index (χ2n) is 5.10. The van der Waals surface area contributed by atoms with Gasteiger partial charge in [0.25, 0.3) is 0 Å². The molecular weight excluding hydrogens is 212 g/mol. The maximum absolute atomic E-state index is 11.2. The zero-order valence-corrected chi connectivity index (χ0v) is 11.9. The van der Waals surface area contributed by atoms with E-state index in [1.165, 1.54) is 18.4 Å². The summed E-state index contributed by atoms with van der Waals surface area (Å²) in [6.45, 7) is 9.21. The number of allylic oxidation sites excluding steroid dienone is 2. The first kappa shape index (κ1) is 16.2. The topological polar surface area (TPSA) is 26.3 Å². The SMILES string of the molecule is CCCOC(=O)CCC=C(C)CCCC(C)C. The average Bonchev–Trinajstić information content (AvgIpc) is 2.25. The lowest BCUT2D eigenvalue weighted by Gasteiger charge is -2.05. The smallest absolute Gasteiger partial charge is 0.306 e. The number of ether oxygens (including phenoxy) is 1. The van der Waals surface area contributed by atoms with Gasteiger partial charge in [-0.05, 0) is 38.5 Å². The first-order chi connectivity index (χ1) is 8.06. The lowest BCUT2D eigenvalue weighted by atomic mass is 10.0. The number of carbonyl (C=O) groups excluding carboxylic acids is 1. The number of carbonyl (C=O) groups is 1. The van der Waals surface area contributed by atoms with Crippen molar-refractivity contribution < 1.29 is 9.53 Å². The van der Waals surface area contributed by atoms with Crippen molar-refractivity contribution in [3.8, 4) is 0 Å². The quantitative estimate of drug-likeness (QED) is 0.438. The van der Waals surface area contributed by atoms with Gasteiger partial charge >= 0.3 is 5.97 Å². The largest absolute Gasteiger partial charge is 0.466 e. The van der Waals surface area contributed by atoms with Crippen LogP contribution in [-0.2, 0) is 9.53 Å². The van der Waals surface area contributed by atoms with Gasteiger partial charge in [-0.3, -0.25) is 4.79 Å². The number of rotatable bonds is 9. The van der Waals surface area contributed by atoms with Crippen molar-refractivity contribution in [2.45, 2.75) is 66.2 Å². The maximum Gasteiger partial charge on any atom is 0.306 e. The molecule has 0 unspecified atom stereocenters. The summed E-state index contributed by atoms with van der Waals surface area (Å²) in [5.41, 5.74) is 1.40. The molecule has 0 saturated carbocycles. The molecule has 0 bridgehead atoms. The van der Waals surface area contributed by atoms with Gasteiger partial charge in [-0.1, -0.05) is 38.8 Å². The molecule has 100 valence electrons. The molecule has 0 amide bonds. The van der Waals surface area contributed by atoms with Crippen LogP contribution in [0.4, 0.5) is 0 Å². The van der Waals surface area contributed by atoms with E-state index >= 15 is 0 Å². The van der Waals surface area contributed by atoms with E-state index in [1.54, 1.807) is 0 Å². The first-order valence-corrected chi connectivity index (χ1v) is 6.87. The molecule has 0 aliphatic rings. The monoisotopic (exact) mass is 240 g/mol. The van der Waals surface area contributed by atoms with E-state index in [-0.39, 0.29) is 5.97 Å². The number of hydrogen-bond donors (Lipinski definition) is 0. The molecule has 0 radical (unpaired) electrons. The van der Waals surface area contributed by atoms with Crippen molar-refractivity contribution in [2.75, 3.05) is 6.61 Å². The average molecular weight is 240 g/mol. The molecule has 0 aromatic rings.